The largest absolute Gasteiger partial charge is 0.352 e. The first kappa shape index (κ1) is 15.8. The molecule has 1 saturated heterocycles. The van der Waals surface area contributed by atoms with Gasteiger partial charge < -0.3 is 14.7 Å². The van der Waals surface area contributed by atoms with Crippen molar-refractivity contribution in [3.05, 3.63) is 53.4 Å². The van der Waals surface area contributed by atoms with E-state index in [1.807, 2.05) is 17.0 Å². The molecule has 6 nitrogen and oxygen atoms in total. The average molecular weight is 360 g/mol. The van der Waals surface area contributed by atoms with Gasteiger partial charge in [-0.3, -0.25) is 0 Å². The molecule has 1 atom stereocenters. The third-order valence-electron chi connectivity index (χ3n) is 4.06. The Balaban J connectivity index is 1.43. The maximum atomic E-state index is 13.8. The molecule has 25 heavy (non-hydrogen) atoms. The molecule has 128 valence electrons. The summed E-state index contributed by atoms with van der Waals surface area (Å²) < 4.78 is 19.1. The van der Waals surface area contributed by atoms with Crippen molar-refractivity contribution in [1.29, 1.82) is 0 Å². The molecule has 0 bridgehead atoms. The Kier molecular flexibility index (Phi) is 4.23. The molecule has 0 aliphatic carbocycles. The number of pyridine rings is 1. The van der Waals surface area contributed by atoms with Crippen LogP contribution in [-0.2, 0) is 0 Å². The number of halogens is 2. The number of hydrogen-bond donors (Lipinski definition) is 1. The minimum absolute atomic E-state index is 0.0778. The highest BCUT2D eigenvalue weighted by Gasteiger charge is 2.26. The molecule has 1 N–H and O–H groups in total. The maximum Gasteiger partial charge on any atom is 0.322 e. The fourth-order valence-electron chi connectivity index (χ4n) is 2.88. The van der Waals surface area contributed by atoms with Gasteiger partial charge in [-0.05, 0) is 30.7 Å². The molecule has 2 aromatic heterocycles. The first-order valence-electron chi connectivity index (χ1n) is 7.91. The van der Waals surface area contributed by atoms with Gasteiger partial charge in [-0.25, -0.2) is 9.37 Å². The van der Waals surface area contributed by atoms with Crippen molar-refractivity contribution in [3.63, 3.8) is 0 Å². The molecule has 1 fully saturated rings. The van der Waals surface area contributed by atoms with Gasteiger partial charge in [-0.1, -0.05) is 28.9 Å². The Morgan fingerprint density at radius 3 is 3.04 bits per heavy atom. The van der Waals surface area contributed by atoms with Crippen LogP contribution in [-0.4, -0.2) is 34.3 Å². The molecule has 3 aromatic rings. The Labute approximate surface area is 148 Å². The molecule has 0 saturated carbocycles. The lowest BCUT2D eigenvalue weighted by Crippen LogP contribution is -2.27. The van der Waals surface area contributed by atoms with Crippen LogP contribution in [0.2, 0.25) is 5.02 Å². The molecule has 8 heteroatoms. The molecule has 4 rings (SSSR count). The quantitative estimate of drug-likeness (QED) is 0.767. The Morgan fingerprint density at radius 2 is 2.20 bits per heavy atom. The smallest absolute Gasteiger partial charge is 0.322 e. The summed E-state index contributed by atoms with van der Waals surface area (Å²) in [5.74, 6) is 0.525. The first-order chi connectivity index (χ1) is 12.2. The Morgan fingerprint density at radius 1 is 1.28 bits per heavy atom. The van der Waals surface area contributed by atoms with Crippen LogP contribution in [0.3, 0.4) is 0 Å². The van der Waals surface area contributed by atoms with Crippen LogP contribution in [0.15, 0.2) is 47.1 Å². The standard InChI is InChI=1S/C17H15ClFN5O/c18-12-4-1-3-11(9-12)15-22-17(25-23-15)21-13-6-8-24(10-13)16-14(19)5-2-7-20-16/h1-5,7,9,13H,6,8,10H2,(H,21,22,23). The second kappa shape index (κ2) is 6.68. The van der Waals surface area contributed by atoms with E-state index in [1.165, 1.54) is 6.07 Å². The van der Waals surface area contributed by atoms with Gasteiger partial charge in [0.05, 0.1) is 0 Å². The molecule has 1 aliphatic heterocycles. The average Bonchev–Trinajstić information content (AvgIpc) is 3.25. The van der Waals surface area contributed by atoms with Crippen LogP contribution in [0, 0.1) is 5.82 Å². The normalized spacial score (nSPS) is 17.0. The molecule has 1 aliphatic rings. The van der Waals surface area contributed by atoms with Gasteiger partial charge in [-0.2, -0.15) is 4.98 Å². The van der Waals surface area contributed by atoms with Gasteiger partial charge in [-0.15, -0.1) is 0 Å². The van der Waals surface area contributed by atoms with E-state index in [9.17, 15) is 4.39 Å². The zero-order valence-electron chi connectivity index (χ0n) is 13.2. The number of rotatable bonds is 4. The van der Waals surface area contributed by atoms with E-state index in [2.05, 4.69) is 20.4 Å². The molecule has 0 radical (unpaired) electrons. The predicted octanol–water partition coefficient (Wildman–Crippen LogP) is 3.61. The van der Waals surface area contributed by atoms with Gasteiger partial charge in [0.2, 0.25) is 5.82 Å². The van der Waals surface area contributed by atoms with Crippen LogP contribution < -0.4 is 10.2 Å². The van der Waals surface area contributed by atoms with E-state index in [1.54, 1.807) is 24.4 Å². The highest BCUT2D eigenvalue weighted by molar-refractivity contribution is 6.30. The van der Waals surface area contributed by atoms with Gasteiger partial charge in [0.25, 0.3) is 0 Å². The van der Waals surface area contributed by atoms with Gasteiger partial charge >= 0.3 is 6.01 Å². The second-order valence-electron chi connectivity index (χ2n) is 5.82. The molecule has 1 aromatic carbocycles. The zero-order chi connectivity index (χ0) is 17.2. The minimum Gasteiger partial charge on any atom is -0.352 e. The Hall–Kier alpha value is -2.67. The molecule has 3 heterocycles. The van der Waals surface area contributed by atoms with E-state index in [0.29, 0.717) is 35.8 Å². The van der Waals surface area contributed by atoms with Crippen LogP contribution in [0.25, 0.3) is 11.4 Å². The number of nitrogens with one attached hydrogen (secondary N) is 1. The maximum absolute atomic E-state index is 13.8. The molecular formula is C17H15ClFN5O. The zero-order valence-corrected chi connectivity index (χ0v) is 13.9. The van der Waals surface area contributed by atoms with Crippen molar-refractivity contribution in [3.8, 4) is 11.4 Å². The highest BCUT2D eigenvalue weighted by atomic mass is 35.5. The van der Waals surface area contributed by atoms with Crippen molar-refractivity contribution in [1.82, 2.24) is 15.1 Å². The van der Waals surface area contributed by atoms with Gasteiger partial charge in [0.15, 0.2) is 11.6 Å². The lowest BCUT2D eigenvalue weighted by molar-refractivity contribution is 0.428. The van der Waals surface area contributed by atoms with Crippen molar-refractivity contribution in [2.75, 3.05) is 23.3 Å². The van der Waals surface area contributed by atoms with Gasteiger partial charge in [0, 0.05) is 35.9 Å². The first-order valence-corrected chi connectivity index (χ1v) is 8.28. The van der Waals surface area contributed by atoms with E-state index in [0.717, 1.165) is 12.0 Å². The molecule has 0 spiro atoms. The third kappa shape index (κ3) is 3.41. The van der Waals surface area contributed by atoms with E-state index >= 15 is 0 Å². The van der Waals surface area contributed by atoms with Gasteiger partial charge in [0.1, 0.15) is 0 Å². The molecular weight excluding hydrogens is 345 g/mol. The summed E-state index contributed by atoms with van der Waals surface area (Å²) in [7, 11) is 0. The fraction of sp³-hybridized carbons (Fsp3) is 0.235. The van der Waals surface area contributed by atoms with Crippen molar-refractivity contribution in [2.24, 2.45) is 0 Å². The van der Waals surface area contributed by atoms with E-state index in [4.69, 9.17) is 16.1 Å². The third-order valence-corrected chi connectivity index (χ3v) is 4.30. The fourth-order valence-corrected chi connectivity index (χ4v) is 3.07. The molecule has 0 amide bonds. The number of nitrogens with zero attached hydrogens (tertiary/aromatic N) is 4. The minimum atomic E-state index is -0.316. The second-order valence-corrected chi connectivity index (χ2v) is 6.25. The summed E-state index contributed by atoms with van der Waals surface area (Å²) in [5, 5.41) is 7.78. The topological polar surface area (TPSA) is 67.1 Å². The van der Waals surface area contributed by atoms with Crippen molar-refractivity contribution in [2.45, 2.75) is 12.5 Å². The monoisotopic (exact) mass is 359 g/mol. The van der Waals surface area contributed by atoms with Crippen LogP contribution in [0.5, 0.6) is 0 Å². The van der Waals surface area contributed by atoms with E-state index in [-0.39, 0.29) is 11.9 Å². The van der Waals surface area contributed by atoms with Crippen molar-refractivity contribution >= 4 is 23.4 Å². The predicted molar refractivity (Wildman–Crippen MR) is 93.2 cm³/mol. The SMILES string of the molecule is Fc1cccnc1N1CCC(Nc2nc(-c3cccc(Cl)c3)no2)C1. The highest BCUT2D eigenvalue weighted by Crippen LogP contribution is 2.24. The summed E-state index contributed by atoms with van der Waals surface area (Å²) >= 11 is 5.98. The van der Waals surface area contributed by atoms with Crippen LogP contribution >= 0.6 is 11.6 Å². The van der Waals surface area contributed by atoms with Crippen LogP contribution in [0.1, 0.15) is 6.42 Å². The number of benzene rings is 1. The van der Waals surface area contributed by atoms with Crippen molar-refractivity contribution < 1.29 is 8.91 Å². The number of anilines is 2. The lowest BCUT2D eigenvalue weighted by atomic mass is 10.2. The molecule has 1 unspecified atom stereocenters. The summed E-state index contributed by atoms with van der Waals surface area (Å²) in [5.41, 5.74) is 0.785. The summed E-state index contributed by atoms with van der Waals surface area (Å²) in [6.07, 6.45) is 2.42. The summed E-state index contributed by atoms with van der Waals surface area (Å²) in [4.78, 5) is 10.4. The number of aromatic nitrogens is 3. The Bertz CT molecular complexity index is 887. The summed E-state index contributed by atoms with van der Waals surface area (Å²) in [6.45, 7) is 1.32. The lowest BCUT2D eigenvalue weighted by Gasteiger charge is -2.17. The van der Waals surface area contributed by atoms with Crippen LogP contribution in [0.4, 0.5) is 16.2 Å². The number of hydrogen-bond acceptors (Lipinski definition) is 6. The summed E-state index contributed by atoms with van der Waals surface area (Å²) in [6, 6.07) is 10.7. The van der Waals surface area contributed by atoms with E-state index < -0.39 is 0 Å².